The summed E-state index contributed by atoms with van der Waals surface area (Å²) in [6.07, 6.45) is 8.88. The smallest absolute Gasteiger partial charge is 0.243 e. The van der Waals surface area contributed by atoms with Crippen molar-refractivity contribution >= 4 is 5.91 Å². The fourth-order valence-corrected chi connectivity index (χ4v) is 3.69. The van der Waals surface area contributed by atoms with Gasteiger partial charge in [0.2, 0.25) is 11.8 Å². The van der Waals surface area contributed by atoms with Gasteiger partial charge in [-0.3, -0.25) is 4.79 Å². The van der Waals surface area contributed by atoms with Crippen molar-refractivity contribution in [1.29, 1.82) is 0 Å². The minimum absolute atomic E-state index is 0.0119. The van der Waals surface area contributed by atoms with E-state index in [1.807, 2.05) is 17.9 Å². The molecule has 2 aromatic heterocycles. The lowest BCUT2D eigenvalue weighted by molar-refractivity contribution is -0.136. The highest BCUT2D eigenvalue weighted by atomic mass is 19.1. The summed E-state index contributed by atoms with van der Waals surface area (Å²) >= 11 is 0. The van der Waals surface area contributed by atoms with Gasteiger partial charge in [-0.1, -0.05) is 12.1 Å². The second-order valence-electron chi connectivity index (χ2n) is 7.10. The maximum atomic E-state index is 13.4. The van der Waals surface area contributed by atoms with Crippen molar-refractivity contribution in [2.24, 2.45) is 0 Å². The van der Waals surface area contributed by atoms with Gasteiger partial charge in [-0.25, -0.2) is 14.4 Å². The molecule has 0 saturated carbocycles. The predicted octanol–water partition coefficient (Wildman–Crippen LogP) is 3.14. The summed E-state index contributed by atoms with van der Waals surface area (Å²) in [6, 6.07) is 6.43. The lowest BCUT2D eigenvalue weighted by atomic mass is 9.99. The number of likely N-dealkylation sites (tertiary alicyclic amines) is 1. The van der Waals surface area contributed by atoms with Gasteiger partial charge in [-0.15, -0.1) is 0 Å². The van der Waals surface area contributed by atoms with Crippen LogP contribution in [0.1, 0.15) is 37.0 Å². The number of nitrogens with zero attached hydrogens (tertiary/aromatic N) is 4. The van der Waals surface area contributed by atoms with E-state index in [4.69, 9.17) is 4.42 Å². The Kier molecular flexibility index (Phi) is 4.51. The molecule has 1 saturated heterocycles. The first-order chi connectivity index (χ1) is 13.0. The van der Waals surface area contributed by atoms with Crippen LogP contribution in [0.25, 0.3) is 0 Å². The fraction of sp³-hybridized carbons (Fsp3) is 0.350. The number of rotatable bonds is 5. The Morgan fingerprint density at radius 3 is 3.07 bits per heavy atom. The molecule has 1 aromatic carbocycles. The molecular formula is C20H21FN4O2. The minimum atomic E-state index is -0.572. The molecule has 140 valence electrons. The van der Waals surface area contributed by atoms with E-state index in [1.165, 1.54) is 12.1 Å². The van der Waals surface area contributed by atoms with E-state index >= 15 is 0 Å². The molecule has 6 nitrogen and oxygen atoms in total. The van der Waals surface area contributed by atoms with Gasteiger partial charge in [-0.05, 0) is 37.5 Å². The van der Waals surface area contributed by atoms with Gasteiger partial charge in [0.15, 0.2) is 0 Å². The van der Waals surface area contributed by atoms with E-state index in [2.05, 4.69) is 9.97 Å². The van der Waals surface area contributed by atoms with Crippen LogP contribution in [-0.4, -0.2) is 31.9 Å². The first-order valence-electron chi connectivity index (χ1n) is 9.00. The summed E-state index contributed by atoms with van der Waals surface area (Å²) in [5.74, 6) is 0.931. The van der Waals surface area contributed by atoms with Gasteiger partial charge in [0.25, 0.3) is 0 Å². The van der Waals surface area contributed by atoms with Gasteiger partial charge < -0.3 is 13.9 Å². The number of halogens is 1. The van der Waals surface area contributed by atoms with Crippen LogP contribution < -0.4 is 0 Å². The predicted molar refractivity (Wildman–Crippen MR) is 96.2 cm³/mol. The third kappa shape index (κ3) is 3.49. The molecular weight excluding hydrogens is 347 g/mol. The summed E-state index contributed by atoms with van der Waals surface area (Å²) in [7, 11) is 0. The van der Waals surface area contributed by atoms with Crippen molar-refractivity contribution in [2.75, 3.05) is 6.54 Å². The average Bonchev–Trinajstić information content (AvgIpc) is 3.36. The van der Waals surface area contributed by atoms with Crippen molar-refractivity contribution in [3.8, 4) is 0 Å². The minimum Gasteiger partial charge on any atom is -0.443 e. The highest BCUT2D eigenvalue weighted by molar-refractivity contribution is 5.77. The Balaban J connectivity index is 1.52. The SMILES string of the molecule is C[C@]1(c2ncc(Cc3cccc(F)c3)o2)CCCN1C(=O)Cn1ccnc1. The summed E-state index contributed by atoms with van der Waals surface area (Å²) in [6.45, 7) is 2.90. The number of carbonyl (C=O) groups is 1. The summed E-state index contributed by atoms with van der Waals surface area (Å²) in [5.41, 5.74) is 0.250. The Morgan fingerprint density at radius 1 is 1.41 bits per heavy atom. The molecule has 1 atom stereocenters. The number of benzene rings is 1. The third-order valence-electron chi connectivity index (χ3n) is 5.10. The molecule has 1 fully saturated rings. The maximum absolute atomic E-state index is 13.4. The van der Waals surface area contributed by atoms with Crippen LogP contribution in [0, 0.1) is 5.82 Å². The molecule has 1 aliphatic heterocycles. The van der Waals surface area contributed by atoms with Gasteiger partial charge in [-0.2, -0.15) is 0 Å². The number of oxazole rings is 1. The molecule has 27 heavy (non-hydrogen) atoms. The summed E-state index contributed by atoms with van der Waals surface area (Å²) in [4.78, 5) is 23.1. The second-order valence-corrected chi connectivity index (χ2v) is 7.10. The topological polar surface area (TPSA) is 64.2 Å². The van der Waals surface area contributed by atoms with Gasteiger partial charge in [0.1, 0.15) is 23.7 Å². The Bertz CT molecular complexity index is 937. The number of hydrogen-bond acceptors (Lipinski definition) is 4. The van der Waals surface area contributed by atoms with Crippen molar-refractivity contribution in [3.05, 3.63) is 72.2 Å². The Morgan fingerprint density at radius 2 is 2.30 bits per heavy atom. The van der Waals surface area contributed by atoms with E-state index in [0.29, 0.717) is 24.6 Å². The standard InChI is InChI=1S/C20H21FN4O2/c1-20(6-3-8-25(20)18(26)13-24-9-7-22-14-24)19-23-12-17(27-19)11-15-4-2-5-16(21)10-15/h2,4-5,7,9-10,12,14H,3,6,8,11,13H2,1H3/t20-/m1/s1. The molecule has 3 heterocycles. The number of imidazole rings is 1. The van der Waals surface area contributed by atoms with Crippen LogP contribution in [0.2, 0.25) is 0 Å². The summed E-state index contributed by atoms with van der Waals surface area (Å²) in [5, 5.41) is 0. The third-order valence-corrected chi connectivity index (χ3v) is 5.10. The molecule has 1 amide bonds. The molecule has 0 radical (unpaired) electrons. The second kappa shape index (κ2) is 6.98. The molecule has 0 bridgehead atoms. The number of aromatic nitrogens is 3. The zero-order chi connectivity index (χ0) is 18.9. The lowest BCUT2D eigenvalue weighted by Crippen LogP contribution is -2.44. The lowest BCUT2D eigenvalue weighted by Gasteiger charge is -2.32. The van der Waals surface area contributed by atoms with Crippen LogP contribution in [0.5, 0.6) is 0 Å². The van der Waals surface area contributed by atoms with Gasteiger partial charge in [0.05, 0.1) is 12.5 Å². The van der Waals surface area contributed by atoms with Crippen LogP contribution in [0.15, 0.2) is 53.6 Å². The first-order valence-corrected chi connectivity index (χ1v) is 9.00. The largest absolute Gasteiger partial charge is 0.443 e. The van der Waals surface area contributed by atoms with Crippen LogP contribution >= 0.6 is 0 Å². The van der Waals surface area contributed by atoms with E-state index in [0.717, 1.165) is 18.4 Å². The van der Waals surface area contributed by atoms with Crippen LogP contribution in [-0.2, 0) is 23.3 Å². The molecule has 0 spiro atoms. The Hall–Kier alpha value is -2.96. The van der Waals surface area contributed by atoms with E-state index in [1.54, 1.807) is 35.6 Å². The quantitative estimate of drug-likeness (QED) is 0.694. The highest BCUT2D eigenvalue weighted by Gasteiger charge is 2.44. The first kappa shape index (κ1) is 17.5. The van der Waals surface area contributed by atoms with Gasteiger partial charge >= 0.3 is 0 Å². The maximum Gasteiger partial charge on any atom is 0.243 e. The molecule has 0 N–H and O–H groups in total. The zero-order valence-electron chi connectivity index (χ0n) is 15.1. The Labute approximate surface area is 156 Å². The van der Waals surface area contributed by atoms with Crippen molar-refractivity contribution in [3.63, 3.8) is 0 Å². The van der Waals surface area contributed by atoms with Crippen molar-refractivity contribution in [1.82, 2.24) is 19.4 Å². The monoisotopic (exact) mass is 368 g/mol. The average molecular weight is 368 g/mol. The molecule has 3 aromatic rings. The van der Waals surface area contributed by atoms with Crippen LogP contribution in [0.4, 0.5) is 4.39 Å². The normalized spacial score (nSPS) is 19.6. The van der Waals surface area contributed by atoms with E-state index < -0.39 is 5.54 Å². The molecule has 0 unspecified atom stereocenters. The number of amides is 1. The highest BCUT2D eigenvalue weighted by Crippen LogP contribution is 2.38. The molecule has 4 rings (SSSR count). The van der Waals surface area contributed by atoms with E-state index in [-0.39, 0.29) is 18.3 Å². The molecule has 7 heteroatoms. The molecule has 0 aliphatic carbocycles. The van der Waals surface area contributed by atoms with Crippen molar-refractivity contribution in [2.45, 2.75) is 38.3 Å². The molecule has 1 aliphatic rings. The number of carbonyl (C=O) groups excluding carboxylic acids is 1. The number of hydrogen-bond donors (Lipinski definition) is 0. The summed E-state index contributed by atoms with van der Waals surface area (Å²) < 4.78 is 21.1. The fourth-order valence-electron chi connectivity index (χ4n) is 3.69. The van der Waals surface area contributed by atoms with Gasteiger partial charge in [0, 0.05) is 25.4 Å². The van der Waals surface area contributed by atoms with Crippen LogP contribution in [0.3, 0.4) is 0 Å². The zero-order valence-corrected chi connectivity index (χ0v) is 15.1. The van der Waals surface area contributed by atoms with Crippen molar-refractivity contribution < 1.29 is 13.6 Å². The van der Waals surface area contributed by atoms with E-state index in [9.17, 15) is 9.18 Å².